The standard InChI is InChI=1S/C23H26N4O2S2/c1-14-4-7-16(8-5-14)13-27-11-10-19(26-27)24-23(30)25-21-20(22(28)29-3)17-9-6-15(2)12-18(17)31-21/h4-5,7-8,10-11,15H,6,9,12-13H2,1-3H3,(H2,24,25,26,30). The first-order chi connectivity index (χ1) is 14.9. The number of ether oxygens (including phenoxy) is 1. The number of methoxy groups -OCH3 is 1. The van der Waals surface area contributed by atoms with Crippen LogP contribution in [0.15, 0.2) is 36.5 Å². The zero-order valence-electron chi connectivity index (χ0n) is 17.9. The lowest BCUT2D eigenvalue weighted by Crippen LogP contribution is -2.21. The van der Waals surface area contributed by atoms with E-state index in [4.69, 9.17) is 17.0 Å². The van der Waals surface area contributed by atoms with Gasteiger partial charge in [-0.2, -0.15) is 5.10 Å². The topological polar surface area (TPSA) is 68.2 Å². The summed E-state index contributed by atoms with van der Waals surface area (Å²) in [6.45, 7) is 5.00. The molecule has 31 heavy (non-hydrogen) atoms. The van der Waals surface area contributed by atoms with E-state index in [1.165, 1.54) is 23.1 Å². The molecule has 4 rings (SSSR count). The Kier molecular flexibility index (Phi) is 6.38. The Morgan fingerprint density at radius 1 is 1.29 bits per heavy atom. The predicted octanol–water partition coefficient (Wildman–Crippen LogP) is 5.02. The predicted molar refractivity (Wildman–Crippen MR) is 129 cm³/mol. The molecule has 2 N–H and O–H groups in total. The van der Waals surface area contributed by atoms with E-state index < -0.39 is 0 Å². The second-order valence-electron chi connectivity index (χ2n) is 8.01. The number of esters is 1. The lowest BCUT2D eigenvalue weighted by molar-refractivity contribution is 0.0601. The number of thiophene rings is 1. The van der Waals surface area contributed by atoms with E-state index in [-0.39, 0.29) is 5.97 Å². The Morgan fingerprint density at radius 3 is 2.81 bits per heavy atom. The lowest BCUT2D eigenvalue weighted by Gasteiger charge is -2.18. The van der Waals surface area contributed by atoms with Crippen LogP contribution in [0.5, 0.6) is 0 Å². The van der Waals surface area contributed by atoms with Crippen molar-refractivity contribution in [2.24, 2.45) is 5.92 Å². The highest BCUT2D eigenvalue weighted by Gasteiger charge is 2.28. The Morgan fingerprint density at radius 2 is 2.06 bits per heavy atom. The number of nitrogens with zero attached hydrogens (tertiary/aromatic N) is 2. The van der Waals surface area contributed by atoms with Gasteiger partial charge < -0.3 is 15.4 Å². The number of aromatic nitrogens is 2. The van der Waals surface area contributed by atoms with Gasteiger partial charge in [-0.3, -0.25) is 4.68 Å². The van der Waals surface area contributed by atoms with Gasteiger partial charge in [-0.15, -0.1) is 11.3 Å². The van der Waals surface area contributed by atoms with Crippen molar-refractivity contribution in [2.45, 2.75) is 39.7 Å². The molecule has 2 aromatic heterocycles. The zero-order chi connectivity index (χ0) is 22.0. The third-order valence-corrected chi connectivity index (χ3v) is 6.85. The molecule has 1 unspecified atom stereocenters. The smallest absolute Gasteiger partial charge is 0.341 e. The first-order valence-corrected chi connectivity index (χ1v) is 11.5. The molecule has 0 saturated carbocycles. The largest absolute Gasteiger partial charge is 0.465 e. The molecular formula is C23H26N4O2S2. The maximum Gasteiger partial charge on any atom is 0.341 e. The van der Waals surface area contributed by atoms with Gasteiger partial charge in [0.05, 0.1) is 19.2 Å². The van der Waals surface area contributed by atoms with Crippen LogP contribution in [0.1, 0.15) is 45.3 Å². The molecule has 0 fully saturated rings. The number of benzene rings is 1. The van der Waals surface area contributed by atoms with Crippen LogP contribution in [-0.2, 0) is 24.1 Å². The van der Waals surface area contributed by atoms with Gasteiger partial charge in [-0.05, 0) is 55.4 Å². The highest BCUT2D eigenvalue weighted by molar-refractivity contribution is 7.80. The second kappa shape index (κ2) is 9.20. The van der Waals surface area contributed by atoms with E-state index in [1.807, 2.05) is 16.9 Å². The van der Waals surface area contributed by atoms with Crippen LogP contribution in [0, 0.1) is 12.8 Å². The molecule has 0 amide bonds. The number of hydrogen-bond acceptors (Lipinski definition) is 5. The quantitative estimate of drug-likeness (QED) is 0.417. The Hall–Kier alpha value is -2.71. The van der Waals surface area contributed by atoms with Crippen LogP contribution in [0.4, 0.5) is 10.8 Å². The van der Waals surface area contributed by atoms with Crippen molar-refractivity contribution in [3.8, 4) is 0 Å². The summed E-state index contributed by atoms with van der Waals surface area (Å²) >= 11 is 7.09. The van der Waals surface area contributed by atoms with E-state index in [0.29, 0.717) is 29.0 Å². The van der Waals surface area contributed by atoms with Gasteiger partial charge in [0.25, 0.3) is 0 Å². The number of carbonyl (C=O) groups is 1. The molecule has 3 aromatic rings. The van der Waals surface area contributed by atoms with Crippen LogP contribution in [-0.4, -0.2) is 28.0 Å². The number of nitrogens with one attached hydrogen (secondary N) is 2. The first kappa shape index (κ1) is 21.5. The molecule has 1 atom stereocenters. The summed E-state index contributed by atoms with van der Waals surface area (Å²) in [5.41, 5.74) is 4.13. The number of rotatable bonds is 5. The second-order valence-corrected chi connectivity index (χ2v) is 9.52. The molecule has 0 saturated heterocycles. The van der Waals surface area contributed by atoms with Crippen LogP contribution in [0.2, 0.25) is 0 Å². The molecule has 0 spiro atoms. The molecular weight excluding hydrogens is 428 g/mol. The number of fused-ring (bicyclic) bond motifs is 1. The van der Waals surface area contributed by atoms with Gasteiger partial charge in [0.15, 0.2) is 10.9 Å². The fourth-order valence-electron chi connectivity index (χ4n) is 3.80. The molecule has 8 heteroatoms. The molecule has 0 bridgehead atoms. The van der Waals surface area contributed by atoms with Crippen molar-refractivity contribution in [1.82, 2.24) is 9.78 Å². The van der Waals surface area contributed by atoms with E-state index >= 15 is 0 Å². The average molecular weight is 455 g/mol. The summed E-state index contributed by atoms with van der Waals surface area (Å²) in [4.78, 5) is 13.7. The minimum atomic E-state index is -0.320. The lowest BCUT2D eigenvalue weighted by atomic mass is 9.88. The van der Waals surface area contributed by atoms with Crippen molar-refractivity contribution >= 4 is 45.5 Å². The average Bonchev–Trinajstić information content (AvgIpc) is 3.32. The summed E-state index contributed by atoms with van der Waals surface area (Å²) in [6, 6.07) is 10.3. The van der Waals surface area contributed by atoms with Crippen molar-refractivity contribution < 1.29 is 9.53 Å². The number of anilines is 2. The first-order valence-electron chi connectivity index (χ1n) is 10.3. The van der Waals surface area contributed by atoms with Crippen LogP contribution in [0.3, 0.4) is 0 Å². The maximum absolute atomic E-state index is 12.5. The van der Waals surface area contributed by atoms with Crippen LogP contribution < -0.4 is 10.6 Å². The van der Waals surface area contributed by atoms with E-state index in [2.05, 4.69) is 53.8 Å². The molecule has 2 heterocycles. The molecule has 162 valence electrons. The normalized spacial score (nSPS) is 15.3. The summed E-state index contributed by atoms with van der Waals surface area (Å²) < 4.78 is 6.91. The Balaban J connectivity index is 1.45. The van der Waals surface area contributed by atoms with Crippen molar-refractivity contribution in [1.29, 1.82) is 0 Å². The molecule has 1 aliphatic rings. The van der Waals surface area contributed by atoms with Gasteiger partial charge in [0, 0.05) is 17.1 Å². The van der Waals surface area contributed by atoms with Crippen LogP contribution >= 0.6 is 23.6 Å². The molecule has 6 nitrogen and oxygen atoms in total. The van der Waals surface area contributed by atoms with Gasteiger partial charge >= 0.3 is 5.97 Å². The Labute approximate surface area is 191 Å². The maximum atomic E-state index is 12.5. The van der Waals surface area contributed by atoms with E-state index in [1.54, 1.807) is 11.3 Å². The highest BCUT2D eigenvalue weighted by atomic mass is 32.1. The van der Waals surface area contributed by atoms with Gasteiger partial charge in [-0.25, -0.2) is 4.79 Å². The number of thiocarbonyl (C=S) groups is 1. The SMILES string of the molecule is COC(=O)c1c(NC(=S)Nc2ccn(Cc3ccc(C)cc3)n2)sc2c1CCC(C)C2. The number of aryl methyl sites for hydroxylation is 1. The molecule has 0 radical (unpaired) electrons. The summed E-state index contributed by atoms with van der Waals surface area (Å²) in [5.74, 6) is 0.950. The van der Waals surface area contributed by atoms with Gasteiger partial charge in [0.2, 0.25) is 0 Å². The highest BCUT2D eigenvalue weighted by Crippen LogP contribution is 2.40. The summed E-state index contributed by atoms with van der Waals surface area (Å²) in [7, 11) is 1.42. The van der Waals surface area contributed by atoms with Gasteiger partial charge in [0.1, 0.15) is 5.00 Å². The van der Waals surface area contributed by atoms with E-state index in [9.17, 15) is 4.79 Å². The fourth-order valence-corrected chi connectivity index (χ4v) is 5.48. The van der Waals surface area contributed by atoms with Crippen LogP contribution in [0.25, 0.3) is 0 Å². The zero-order valence-corrected chi connectivity index (χ0v) is 19.5. The van der Waals surface area contributed by atoms with Gasteiger partial charge in [-0.1, -0.05) is 36.8 Å². The molecule has 1 aliphatic carbocycles. The monoisotopic (exact) mass is 454 g/mol. The Bertz CT molecular complexity index is 1100. The number of carbonyl (C=O) groups excluding carboxylic acids is 1. The fraction of sp³-hybridized carbons (Fsp3) is 0.348. The van der Waals surface area contributed by atoms with E-state index in [0.717, 1.165) is 29.8 Å². The minimum absolute atomic E-state index is 0.320. The minimum Gasteiger partial charge on any atom is -0.465 e. The third-order valence-electron chi connectivity index (χ3n) is 5.48. The number of hydrogen-bond donors (Lipinski definition) is 2. The summed E-state index contributed by atoms with van der Waals surface area (Å²) in [6.07, 6.45) is 4.86. The molecule has 0 aliphatic heterocycles. The third kappa shape index (κ3) is 4.97. The van der Waals surface area contributed by atoms with Crippen molar-refractivity contribution in [3.63, 3.8) is 0 Å². The molecule has 1 aromatic carbocycles. The van der Waals surface area contributed by atoms with Crippen molar-refractivity contribution in [2.75, 3.05) is 17.7 Å². The summed E-state index contributed by atoms with van der Waals surface area (Å²) in [5, 5.41) is 12.0. The van der Waals surface area contributed by atoms with Crippen molar-refractivity contribution in [3.05, 3.63) is 63.7 Å².